The van der Waals surface area contributed by atoms with E-state index in [9.17, 15) is 8.42 Å². The van der Waals surface area contributed by atoms with Gasteiger partial charge in [-0.05, 0) is 46.4 Å². The standard InChI is InChI=1S/C11H11BrN2O3S2/c1-7-8(3-4-10(12)13-7)14-19(15,16)11-9(17-2)5-6-18-11/h3-6,14H,1-2H3. The zero-order chi connectivity index (χ0) is 14.0. The molecule has 2 aromatic rings. The molecule has 0 saturated carbocycles. The Morgan fingerprint density at radius 1 is 1.37 bits per heavy atom. The van der Waals surface area contributed by atoms with E-state index in [0.717, 1.165) is 11.3 Å². The lowest BCUT2D eigenvalue weighted by Gasteiger charge is -2.10. The molecule has 0 bridgehead atoms. The molecule has 0 aliphatic heterocycles. The predicted molar refractivity (Wildman–Crippen MR) is 78.4 cm³/mol. The summed E-state index contributed by atoms with van der Waals surface area (Å²) in [6.07, 6.45) is 0. The van der Waals surface area contributed by atoms with Crippen LogP contribution in [0.1, 0.15) is 5.69 Å². The topological polar surface area (TPSA) is 68.3 Å². The molecule has 2 heterocycles. The zero-order valence-corrected chi connectivity index (χ0v) is 13.4. The molecule has 8 heteroatoms. The fraction of sp³-hybridized carbons (Fsp3) is 0.182. The predicted octanol–water partition coefficient (Wildman–Crippen LogP) is 3.02. The molecule has 102 valence electrons. The van der Waals surface area contributed by atoms with Crippen molar-refractivity contribution in [3.05, 3.63) is 33.9 Å². The lowest BCUT2D eigenvalue weighted by Crippen LogP contribution is -2.13. The van der Waals surface area contributed by atoms with E-state index in [2.05, 4.69) is 25.6 Å². The molecule has 0 amide bonds. The second kappa shape index (κ2) is 5.48. The normalized spacial score (nSPS) is 11.3. The molecule has 0 spiro atoms. The first kappa shape index (κ1) is 14.3. The summed E-state index contributed by atoms with van der Waals surface area (Å²) >= 11 is 4.34. The zero-order valence-electron chi connectivity index (χ0n) is 10.2. The maximum Gasteiger partial charge on any atom is 0.275 e. The van der Waals surface area contributed by atoms with Gasteiger partial charge in [0, 0.05) is 0 Å². The van der Waals surface area contributed by atoms with Gasteiger partial charge in [-0.1, -0.05) is 0 Å². The number of halogens is 1. The number of hydrogen-bond acceptors (Lipinski definition) is 5. The quantitative estimate of drug-likeness (QED) is 0.848. The van der Waals surface area contributed by atoms with Crippen LogP contribution in [-0.4, -0.2) is 20.5 Å². The largest absolute Gasteiger partial charge is 0.494 e. The van der Waals surface area contributed by atoms with Gasteiger partial charge in [-0.25, -0.2) is 13.4 Å². The Hall–Kier alpha value is -1.12. The molecule has 0 aliphatic carbocycles. The molecule has 0 radical (unpaired) electrons. The molecule has 0 aliphatic rings. The second-order valence-electron chi connectivity index (χ2n) is 3.65. The molecule has 0 unspecified atom stereocenters. The highest BCUT2D eigenvalue weighted by Gasteiger charge is 2.22. The number of anilines is 1. The Morgan fingerprint density at radius 2 is 2.11 bits per heavy atom. The molecule has 0 atom stereocenters. The smallest absolute Gasteiger partial charge is 0.275 e. The van der Waals surface area contributed by atoms with Crippen LogP contribution in [0.15, 0.2) is 32.4 Å². The van der Waals surface area contributed by atoms with Crippen molar-refractivity contribution in [3.8, 4) is 5.75 Å². The van der Waals surface area contributed by atoms with Gasteiger partial charge in [-0.2, -0.15) is 0 Å². The van der Waals surface area contributed by atoms with Crippen LogP contribution < -0.4 is 9.46 Å². The van der Waals surface area contributed by atoms with Gasteiger partial charge in [0.25, 0.3) is 10.0 Å². The Labute approximate surface area is 123 Å². The molecule has 5 nitrogen and oxygen atoms in total. The van der Waals surface area contributed by atoms with Crippen molar-refractivity contribution in [2.45, 2.75) is 11.1 Å². The summed E-state index contributed by atoms with van der Waals surface area (Å²) in [6, 6.07) is 4.95. The van der Waals surface area contributed by atoms with E-state index < -0.39 is 10.0 Å². The maximum absolute atomic E-state index is 12.3. The number of pyridine rings is 1. The minimum Gasteiger partial charge on any atom is -0.494 e. The van der Waals surface area contributed by atoms with Crippen molar-refractivity contribution in [2.75, 3.05) is 11.8 Å². The summed E-state index contributed by atoms with van der Waals surface area (Å²) in [6.45, 7) is 1.73. The van der Waals surface area contributed by atoms with Crippen LogP contribution >= 0.6 is 27.3 Å². The van der Waals surface area contributed by atoms with Crippen LogP contribution in [0.5, 0.6) is 5.75 Å². The minimum atomic E-state index is -3.66. The van der Waals surface area contributed by atoms with Crippen molar-refractivity contribution in [1.82, 2.24) is 4.98 Å². The molecule has 0 fully saturated rings. The lowest BCUT2D eigenvalue weighted by molar-refractivity contribution is 0.406. The highest BCUT2D eigenvalue weighted by Crippen LogP contribution is 2.31. The molecule has 2 rings (SSSR count). The highest BCUT2D eigenvalue weighted by atomic mass is 79.9. The first-order valence-corrected chi connectivity index (χ1v) is 8.37. The summed E-state index contributed by atoms with van der Waals surface area (Å²) < 4.78 is 32.9. The van der Waals surface area contributed by atoms with Gasteiger partial charge in [0.2, 0.25) is 0 Å². The van der Waals surface area contributed by atoms with Crippen LogP contribution in [0.2, 0.25) is 0 Å². The Bertz CT molecular complexity index is 698. The number of sulfonamides is 1. The summed E-state index contributed by atoms with van der Waals surface area (Å²) in [4.78, 5) is 4.14. The molecule has 0 aromatic carbocycles. The number of aromatic nitrogens is 1. The van der Waals surface area contributed by atoms with Crippen LogP contribution in [-0.2, 0) is 10.0 Å². The number of hydrogen-bond donors (Lipinski definition) is 1. The van der Waals surface area contributed by atoms with Crippen LogP contribution in [0.3, 0.4) is 0 Å². The van der Waals surface area contributed by atoms with Crippen LogP contribution in [0, 0.1) is 6.92 Å². The monoisotopic (exact) mass is 362 g/mol. The van der Waals surface area contributed by atoms with E-state index >= 15 is 0 Å². The number of rotatable bonds is 4. The van der Waals surface area contributed by atoms with E-state index in [1.807, 2.05) is 0 Å². The third-order valence-corrected chi connectivity index (χ3v) is 5.61. The Balaban J connectivity index is 2.37. The van der Waals surface area contributed by atoms with Gasteiger partial charge < -0.3 is 4.74 Å². The average molecular weight is 363 g/mol. The lowest BCUT2D eigenvalue weighted by atomic mass is 10.3. The molecule has 19 heavy (non-hydrogen) atoms. The SMILES string of the molecule is COc1ccsc1S(=O)(=O)Nc1ccc(Br)nc1C. The van der Waals surface area contributed by atoms with Crippen molar-refractivity contribution < 1.29 is 13.2 Å². The molecular formula is C11H11BrN2O3S2. The summed E-state index contributed by atoms with van der Waals surface area (Å²) in [7, 11) is -2.22. The van der Waals surface area contributed by atoms with Crippen molar-refractivity contribution >= 4 is 43.0 Å². The van der Waals surface area contributed by atoms with E-state index in [-0.39, 0.29) is 4.21 Å². The number of methoxy groups -OCH3 is 1. The number of ether oxygens (including phenoxy) is 1. The van der Waals surface area contributed by atoms with Gasteiger partial charge in [0.15, 0.2) is 4.21 Å². The fourth-order valence-corrected chi connectivity index (χ4v) is 4.25. The summed E-state index contributed by atoms with van der Waals surface area (Å²) in [5.41, 5.74) is 1.03. The van der Waals surface area contributed by atoms with E-state index in [1.165, 1.54) is 7.11 Å². The van der Waals surface area contributed by atoms with E-state index in [0.29, 0.717) is 21.7 Å². The van der Waals surface area contributed by atoms with Gasteiger partial charge >= 0.3 is 0 Å². The van der Waals surface area contributed by atoms with E-state index in [4.69, 9.17) is 4.74 Å². The second-order valence-corrected chi connectivity index (χ2v) is 7.26. The first-order valence-electron chi connectivity index (χ1n) is 5.21. The highest BCUT2D eigenvalue weighted by molar-refractivity contribution is 9.10. The Morgan fingerprint density at radius 3 is 2.74 bits per heavy atom. The molecule has 0 saturated heterocycles. The number of nitrogens with zero attached hydrogens (tertiary/aromatic N) is 1. The molecular weight excluding hydrogens is 352 g/mol. The van der Waals surface area contributed by atoms with E-state index in [1.54, 1.807) is 30.5 Å². The number of thiophene rings is 1. The number of nitrogens with one attached hydrogen (secondary N) is 1. The molecule has 1 N–H and O–H groups in total. The summed E-state index contributed by atoms with van der Waals surface area (Å²) in [5.74, 6) is 0.334. The van der Waals surface area contributed by atoms with Crippen LogP contribution in [0.4, 0.5) is 5.69 Å². The van der Waals surface area contributed by atoms with Crippen LogP contribution in [0.25, 0.3) is 0 Å². The first-order chi connectivity index (χ1) is 8.94. The van der Waals surface area contributed by atoms with Gasteiger partial charge in [-0.15, -0.1) is 11.3 Å². The van der Waals surface area contributed by atoms with Gasteiger partial charge in [-0.3, -0.25) is 4.72 Å². The molecule has 2 aromatic heterocycles. The average Bonchev–Trinajstić information content (AvgIpc) is 2.82. The van der Waals surface area contributed by atoms with Gasteiger partial charge in [0.05, 0.1) is 18.5 Å². The van der Waals surface area contributed by atoms with Crippen molar-refractivity contribution in [1.29, 1.82) is 0 Å². The number of aryl methyl sites for hydroxylation is 1. The minimum absolute atomic E-state index is 0.150. The third kappa shape index (κ3) is 3.07. The van der Waals surface area contributed by atoms with Crippen molar-refractivity contribution in [3.63, 3.8) is 0 Å². The maximum atomic E-state index is 12.3. The van der Waals surface area contributed by atoms with Crippen molar-refractivity contribution in [2.24, 2.45) is 0 Å². The Kier molecular flexibility index (Phi) is 4.12. The van der Waals surface area contributed by atoms with Gasteiger partial charge in [0.1, 0.15) is 10.4 Å². The fourth-order valence-electron chi connectivity index (χ4n) is 1.46. The third-order valence-electron chi connectivity index (χ3n) is 2.36. The summed E-state index contributed by atoms with van der Waals surface area (Å²) in [5, 5.41) is 1.67.